The number of rotatable bonds is 4. The lowest BCUT2D eigenvalue weighted by atomic mass is 10.00. The molecule has 1 saturated heterocycles. The van der Waals surface area contributed by atoms with Crippen LogP contribution in [0.25, 0.3) is 0 Å². The van der Waals surface area contributed by atoms with Gasteiger partial charge in [-0.1, -0.05) is 6.92 Å². The number of methoxy groups -OCH3 is 1. The van der Waals surface area contributed by atoms with Gasteiger partial charge in [0.15, 0.2) is 0 Å². The molecule has 1 heterocycles. The number of carbonyl (C=O) groups excluding carboxylic acids is 1. The molecule has 1 aliphatic rings. The first-order chi connectivity index (χ1) is 5.76. The van der Waals surface area contributed by atoms with Crippen LogP contribution in [-0.4, -0.2) is 43.5 Å². The van der Waals surface area contributed by atoms with Crippen LogP contribution in [0, 0.1) is 0 Å². The highest BCUT2D eigenvalue weighted by atomic mass is 16.5. The highest BCUT2D eigenvalue weighted by molar-refractivity contribution is 5.51. The number of likely N-dealkylation sites (tertiary alicyclic amines) is 1. The molecular formula is C9H17NO2. The zero-order valence-corrected chi connectivity index (χ0v) is 7.88. The first-order valence-corrected chi connectivity index (χ1v) is 4.47. The highest BCUT2D eigenvalue weighted by Crippen LogP contribution is 2.26. The first-order valence-electron chi connectivity index (χ1n) is 4.47. The molecule has 70 valence electrons. The van der Waals surface area contributed by atoms with Crippen molar-refractivity contribution in [1.82, 2.24) is 4.90 Å². The monoisotopic (exact) mass is 171 g/mol. The fourth-order valence-corrected chi connectivity index (χ4v) is 1.77. The molecule has 0 radical (unpaired) electrons. The Bertz CT molecular complexity index is 161. The van der Waals surface area contributed by atoms with Gasteiger partial charge in [0.1, 0.15) is 6.29 Å². The van der Waals surface area contributed by atoms with Crippen molar-refractivity contribution >= 4 is 6.29 Å². The van der Waals surface area contributed by atoms with E-state index in [2.05, 4.69) is 11.8 Å². The van der Waals surface area contributed by atoms with E-state index in [9.17, 15) is 4.79 Å². The minimum atomic E-state index is -0.183. The zero-order chi connectivity index (χ0) is 9.03. The molecule has 0 aliphatic carbocycles. The molecule has 0 N–H and O–H groups in total. The minimum absolute atomic E-state index is 0.183. The van der Waals surface area contributed by atoms with Gasteiger partial charge in [0, 0.05) is 26.6 Å². The second kappa shape index (κ2) is 4.01. The average molecular weight is 171 g/mol. The summed E-state index contributed by atoms with van der Waals surface area (Å²) in [4.78, 5) is 12.7. The van der Waals surface area contributed by atoms with Crippen LogP contribution in [0.5, 0.6) is 0 Å². The summed E-state index contributed by atoms with van der Waals surface area (Å²) in [6, 6.07) is 0. The van der Waals surface area contributed by atoms with Crippen LogP contribution in [0.4, 0.5) is 0 Å². The van der Waals surface area contributed by atoms with E-state index in [1.165, 1.54) is 0 Å². The van der Waals surface area contributed by atoms with Gasteiger partial charge in [0.25, 0.3) is 0 Å². The number of hydrogen-bond donors (Lipinski definition) is 0. The Balaban J connectivity index is 2.52. The maximum absolute atomic E-state index is 10.4. The Morgan fingerprint density at radius 3 is 2.83 bits per heavy atom. The minimum Gasteiger partial charge on any atom is -0.376 e. The zero-order valence-electron chi connectivity index (χ0n) is 7.88. The van der Waals surface area contributed by atoms with Crippen LogP contribution < -0.4 is 0 Å². The van der Waals surface area contributed by atoms with Crippen molar-refractivity contribution in [2.75, 3.05) is 26.7 Å². The van der Waals surface area contributed by atoms with Crippen molar-refractivity contribution in [3.63, 3.8) is 0 Å². The SMILES string of the molecule is CCN1CCC(CC=O)(OC)C1. The summed E-state index contributed by atoms with van der Waals surface area (Å²) in [5.41, 5.74) is -0.183. The summed E-state index contributed by atoms with van der Waals surface area (Å²) in [5, 5.41) is 0. The summed E-state index contributed by atoms with van der Waals surface area (Å²) >= 11 is 0. The van der Waals surface area contributed by atoms with Gasteiger partial charge in [-0.15, -0.1) is 0 Å². The van der Waals surface area contributed by atoms with Gasteiger partial charge in [0.05, 0.1) is 5.60 Å². The summed E-state index contributed by atoms with van der Waals surface area (Å²) in [7, 11) is 1.70. The van der Waals surface area contributed by atoms with Gasteiger partial charge in [-0.2, -0.15) is 0 Å². The molecule has 1 aliphatic heterocycles. The normalized spacial score (nSPS) is 30.8. The molecule has 1 fully saturated rings. The third kappa shape index (κ3) is 1.84. The van der Waals surface area contributed by atoms with Gasteiger partial charge >= 0.3 is 0 Å². The van der Waals surface area contributed by atoms with E-state index >= 15 is 0 Å². The second-order valence-electron chi connectivity index (χ2n) is 3.38. The van der Waals surface area contributed by atoms with Crippen molar-refractivity contribution in [2.24, 2.45) is 0 Å². The fourth-order valence-electron chi connectivity index (χ4n) is 1.77. The van der Waals surface area contributed by atoms with E-state index in [0.29, 0.717) is 6.42 Å². The molecular weight excluding hydrogens is 154 g/mol. The van der Waals surface area contributed by atoms with E-state index in [4.69, 9.17) is 4.74 Å². The fraction of sp³-hybridized carbons (Fsp3) is 0.889. The topological polar surface area (TPSA) is 29.5 Å². The molecule has 0 aromatic carbocycles. The molecule has 12 heavy (non-hydrogen) atoms. The van der Waals surface area contributed by atoms with Gasteiger partial charge in [-0.05, 0) is 13.0 Å². The van der Waals surface area contributed by atoms with Gasteiger partial charge in [-0.25, -0.2) is 0 Å². The highest BCUT2D eigenvalue weighted by Gasteiger charge is 2.36. The molecule has 0 spiro atoms. The summed E-state index contributed by atoms with van der Waals surface area (Å²) in [6.45, 7) is 5.13. The van der Waals surface area contributed by atoms with E-state index in [-0.39, 0.29) is 5.60 Å². The summed E-state index contributed by atoms with van der Waals surface area (Å²) in [5.74, 6) is 0. The number of ether oxygens (including phenoxy) is 1. The molecule has 1 unspecified atom stereocenters. The molecule has 0 aromatic heterocycles. The maximum Gasteiger partial charge on any atom is 0.122 e. The van der Waals surface area contributed by atoms with Crippen molar-refractivity contribution in [2.45, 2.75) is 25.4 Å². The molecule has 1 rings (SSSR count). The third-order valence-corrected chi connectivity index (χ3v) is 2.73. The van der Waals surface area contributed by atoms with E-state index in [1.807, 2.05) is 0 Å². The van der Waals surface area contributed by atoms with Crippen molar-refractivity contribution in [3.05, 3.63) is 0 Å². The number of hydrogen-bond acceptors (Lipinski definition) is 3. The van der Waals surface area contributed by atoms with Crippen LogP contribution in [0.2, 0.25) is 0 Å². The Morgan fingerprint density at radius 2 is 2.42 bits per heavy atom. The number of aldehydes is 1. The van der Waals surface area contributed by atoms with Crippen molar-refractivity contribution < 1.29 is 9.53 Å². The smallest absolute Gasteiger partial charge is 0.122 e. The Kier molecular flexibility index (Phi) is 3.23. The largest absolute Gasteiger partial charge is 0.376 e. The maximum atomic E-state index is 10.4. The van der Waals surface area contributed by atoms with Gasteiger partial charge in [-0.3, -0.25) is 0 Å². The van der Waals surface area contributed by atoms with Crippen molar-refractivity contribution in [3.8, 4) is 0 Å². The third-order valence-electron chi connectivity index (χ3n) is 2.73. The molecule has 0 aromatic rings. The standard InChI is InChI=1S/C9H17NO2/c1-3-10-6-4-9(8-10,12-2)5-7-11/h7H,3-6,8H2,1-2H3. The Hall–Kier alpha value is -0.410. The lowest BCUT2D eigenvalue weighted by molar-refractivity contribution is -0.113. The van der Waals surface area contributed by atoms with Crippen LogP contribution in [-0.2, 0) is 9.53 Å². The molecule has 0 amide bonds. The number of carbonyl (C=O) groups is 1. The molecule has 3 nitrogen and oxygen atoms in total. The summed E-state index contributed by atoms with van der Waals surface area (Å²) < 4.78 is 5.40. The predicted molar refractivity (Wildman–Crippen MR) is 47.2 cm³/mol. The molecule has 0 bridgehead atoms. The lowest BCUT2D eigenvalue weighted by Gasteiger charge is -2.25. The van der Waals surface area contributed by atoms with E-state index < -0.39 is 0 Å². The second-order valence-corrected chi connectivity index (χ2v) is 3.38. The predicted octanol–water partition coefficient (Wildman–Crippen LogP) is 0.686. The van der Waals surface area contributed by atoms with Crippen LogP contribution in [0.1, 0.15) is 19.8 Å². The molecule has 3 heteroatoms. The van der Waals surface area contributed by atoms with Crippen molar-refractivity contribution in [1.29, 1.82) is 0 Å². The Morgan fingerprint density at radius 1 is 1.67 bits per heavy atom. The quantitative estimate of drug-likeness (QED) is 0.583. The lowest BCUT2D eigenvalue weighted by Crippen LogP contribution is -2.35. The number of likely N-dealkylation sites (N-methyl/N-ethyl adjacent to an activating group) is 1. The summed E-state index contributed by atoms with van der Waals surface area (Å²) in [6.07, 6.45) is 2.47. The molecule has 0 saturated carbocycles. The van der Waals surface area contributed by atoms with E-state index in [0.717, 1.165) is 32.3 Å². The van der Waals surface area contributed by atoms with E-state index in [1.54, 1.807) is 7.11 Å². The average Bonchev–Trinajstić information content (AvgIpc) is 2.50. The molecule has 1 atom stereocenters. The van der Waals surface area contributed by atoms with Gasteiger partial charge < -0.3 is 14.4 Å². The number of nitrogens with zero attached hydrogens (tertiary/aromatic N) is 1. The Labute approximate surface area is 73.7 Å². The van der Waals surface area contributed by atoms with Crippen LogP contribution in [0.3, 0.4) is 0 Å². The van der Waals surface area contributed by atoms with Crippen LogP contribution >= 0.6 is 0 Å². The van der Waals surface area contributed by atoms with Gasteiger partial charge in [0.2, 0.25) is 0 Å². The first kappa shape index (κ1) is 9.68. The van der Waals surface area contributed by atoms with Crippen LogP contribution in [0.15, 0.2) is 0 Å².